The van der Waals surface area contributed by atoms with Gasteiger partial charge in [-0.25, -0.2) is 0 Å². The zero-order valence-electron chi connectivity index (χ0n) is 15.6. The Morgan fingerprint density at radius 3 is 2.47 bits per heavy atom. The molecule has 0 unspecified atom stereocenters. The van der Waals surface area contributed by atoms with Gasteiger partial charge in [-0.1, -0.05) is 12.1 Å². The van der Waals surface area contributed by atoms with Crippen LogP contribution < -0.4 is 10.6 Å². The van der Waals surface area contributed by atoms with Crippen LogP contribution in [0.15, 0.2) is 42.5 Å². The second-order valence-electron chi connectivity index (χ2n) is 7.02. The molecule has 30 heavy (non-hydrogen) atoms. The Hall–Kier alpha value is -4.08. The van der Waals surface area contributed by atoms with Gasteiger partial charge in [-0.05, 0) is 31.0 Å². The van der Waals surface area contributed by atoms with Gasteiger partial charge in [-0.3, -0.25) is 34.2 Å². The Morgan fingerprint density at radius 1 is 1.07 bits per heavy atom. The Morgan fingerprint density at radius 2 is 1.77 bits per heavy atom. The molecule has 0 atom stereocenters. The van der Waals surface area contributed by atoms with Gasteiger partial charge in [0.2, 0.25) is 5.91 Å². The van der Waals surface area contributed by atoms with Gasteiger partial charge in [0.25, 0.3) is 23.4 Å². The number of nitrogens with zero attached hydrogens (tertiary/aromatic N) is 2. The number of nitro benzene ring substituents is 1. The summed E-state index contributed by atoms with van der Waals surface area (Å²) in [5, 5.41) is 16.3. The number of rotatable bonds is 6. The van der Waals surface area contributed by atoms with Gasteiger partial charge in [-0.15, -0.1) is 0 Å². The quantitative estimate of drug-likeness (QED) is 0.424. The normalized spacial score (nSPS) is 15.0. The van der Waals surface area contributed by atoms with Crippen molar-refractivity contribution < 1.29 is 24.1 Å². The third-order valence-corrected chi connectivity index (χ3v) is 4.83. The molecule has 4 rings (SSSR count). The highest BCUT2D eigenvalue weighted by Gasteiger charge is 2.38. The van der Waals surface area contributed by atoms with Gasteiger partial charge in [0, 0.05) is 18.2 Å². The standard InChI is InChI=1S/C20H16N4O6/c25-17(22-16-4-2-1-3-14(16)18(26)21-11-5-6-11)10-23-19(27)13-8-7-12(24(29)30)9-15(13)20(23)28/h1-4,7-9,11H,5-6,10H2,(H,21,26)(H,22,25). The molecule has 10 nitrogen and oxygen atoms in total. The molecule has 0 spiro atoms. The number of non-ortho nitro benzene ring substituents is 1. The van der Waals surface area contributed by atoms with Crippen LogP contribution in [0.3, 0.4) is 0 Å². The van der Waals surface area contributed by atoms with Crippen LogP contribution in [0.2, 0.25) is 0 Å². The number of fused-ring (bicyclic) bond motifs is 1. The van der Waals surface area contributed by atoms with Crippen LogP contribution in [0.25, 0.3) is 0 Å². The molecule has 1 aliphatic carbocycles. The summed E-state index contributed by atoms with van der Waals surface area (Å²) >= 11 is 0. The molecule has 10 heteroatoms. The van der Waals surface area contributed by atoms with Gasteiger partial charge in [0.05, 0.1) is 27.3 Å². The number of hydrogen-bond donors (Lipinski definition) is 2. The first-order chi connectivity index (χ1) is 14.3. The van der Waals surface area contributed by atoms with Crippen molar-refractivity contribution in [3.05, 3.63) is 69.3 Å². The van der Waals surface area contributed by atoms with Crippen molar-refractivity contribution >= 4 is 35.0 Å². The van der Waals surface area contributed by atoms with E-state index in [9.17, 15) is 29.3 Å². The third kappa shape index (κ3) is 3.62. The summed E-state index contributed by atoms with van der Waals surface area (Å²) in [7, 11) is 0. The first-order valence-corrected chi connectivity index (χ1v) is 9.19. The number of hydrogen-bond acceptors (Lipinski definition) is 6. The van der Waals surface area contributed by atoms with Crippen molar-refractivity contribution in [3.8, 4) is 0 Å². The Labute approximate surface area is 170 Å². The van der Waals surface area contributed by atoms with E-state index in [1.165, 1.54) is 6.07 Å². The first kappa shape index (κ1) is 19.2. The van der Waals surface area contributed by atoms with E-state index >= 15 is 0 Å². The number of amides is 4. The number of para-hydroxylation sites is 1. The molecule has 0 aromatic heterocycles. The van der Waals surface area contributed by atoms with E-state index in [1.807, 2.05) is 0 Å². The second kappa shape index (κ2) is 7.39. The largest absolute Gasteiger partial charge is 0.349 e. The lowest BCUT2D eigenvalue weighted by Crippen LogP contribution is -2.37. The van der Waals surface area contributed by atoms with E-state index in [4.69, 9.17) is 0 Å². The summed E-state index contributed by atoms with van der Waals surface area (Å²) in [5.41, 5.74) is 0.0919. The van der Waals surface area contributed by atoms with Gasteiger partial charge < -0.3 is 10.6 Å². The fourth-order valence-electron chi connectivity index (χ4n) is 3.15. The van der Waals surface area contributed by atoms with Crippen LogP contribution in [0.4, 0.5) is 11.4 Å². The maximum Gasteiger partial charge on any atom is 0.270 e. The zero-order chi connectivity index (χ0) is 21.4. The van der Waals surface area contributed by atoms with E-state index in [-0.39, 0.29) is 40.0 Å². The predicted molar refractivity (Wildman–Crippen MR) is 104 cm³/mol. The number of nitro groups is 1. The van der Waals surface area contributed by atoms with Crippen LogP contribution in [-0.4, -0.2) is 46.0 Å². The summed E-state index contributed by atoms with van der Waals surface area (Å²) < 4.78 is 0. The van der Waals surface area contributed by atoms with Crippen molar-refractivity contribution in [2.45, 2.75) is 18.9 Å². The topological polar surface area (TPSA) is 139 Å². The Bertz CT molecular complexity index is 1110. The minimum atomic E-state index is -0.784. The van der Waals surface area contributed by atoms with E-state index in [2.05, 4.69) is 10.6 Å². The lowest BCUT2D eigenvalue weighted by Gasteiger charge is -2.15. The lowest BCUT2D eigenvalue weighted by molar-refractivity contribution is -0.384. The summed E-state index contributed by atoms with van der Waals surface area (Å²) in [6, 6.07) is 9.90. The SMILES string of the molecule is O=C(CN1C(=O)c2ccc([N+](=O)[O-])cc2C1=O)Nc1ccccc1C(=O)NC1CC1. The summed E-state index contributed by atoms with van der Waals surface area (Å²) in [6.45, 7) is -0.585. The van der Waals surface area contributed by atoms with Crippen LogP contribution in [0.5, 0.6) is 0 Å². The maximum absolute atomic E-state index is 12.5. The predicted octanol–water partition coefficient (Wildman–Crippen LogP) is 1.72. The fourth-order valence-corrected chi connectivity index (χ4v) is 3.15. The molecule has 2 aliphatic rings. The molecular formula is C20H16N4O6. The number of nitrogens with one attached hydrogen (secondary N) is 2. The van der Waals surface area contributed by atoms with Gasteiger partial charge in [0.15, 0.2) is 0 Å². The average Bonchev–Trinajstić information content (AvgIpc) is 3.51. The molecule has 152 valence electrons. The van der Waals surface area contributed by atoms with Crippen molar-refractivity contribution in [1.82, 2.24) is 10.2 Å². The van der Waals surface area contributed by atoms with Gasteiger partial charge in [-0.2, -0.15) is 0 Å². The summed E-state index contributed by atoms with van der Waals surface area (Å²) in [6.07, 6.45) is 1.83. The number of carbonyl (C=O) groups is 4. The smallest absolute Gasteiger partial charge is 0.270 e. The van der Waals surface area contributed by atoms with E-state index in [0.717, 1.165) is 29.9 Å². The molecule has 4 amide bonds. The monoisotopic (exact) mass is 408 g/mol. The highest BCUT2D eigenvalue weighted by Crippen LogP contribution is 2.27. The van der Waals surface area contributed by atoms with E-state index < -0.39 is 29.2 Å². The molecule has 2 aromatic rings. The van der Waals surface area contributed by atoms with Crippen LogP contribution >= 0.6 is 0 Å². The van der Waals surface area contributed by atoms with Crippen molar-refractivity contribution in [1.29, 1.82) is 0 Å². The Balaban J connectivity index is 1.48. The number of imide groups is 1. The fraction of sp³-hybridized carbons (Fsp3) is 0.200. The second-order valence-corrected chi connectivity index (χ2v) is 7.02. The van der Waals surface area contributed by atoms with Crippen LogP contribution in [0, 0.1) is 10.1 Å². The average molecular weight is 408 g/mol. The highest BCUT2D eigenvalue weighted by molar-refractivity contribution is 6.23. The molecule has 1 fully saturated rings. The van der Waals surface area contributed by atoms with Gasteiger partial charge >= 0.3 is 0 Å². The molecule has 0 saturated heterocycles. The van der Waals surface area contributed by atoms with Crippen LogP contribution in [-0.2, 0) is 4.79 Å². The minimum absolute atomic E-state index is 0.00242. The molecule has 1 saturated carbocycles. The zero-order valence-corrected chi connectivity index (χ0v) is 15.6. The molecular weight excluding hydrogens is 392 g/mol. The molecule has 0 radical (unpaired) electrons. The van der Waals surface area contributed by atoms with E-state index in [0.29, 0.717) is 0 Å². The minimum Gasteiger partial charge on any atom is -0.349 e. The number of carbonyl (C=O) groups excluding carboxylic acids is 4. The molecule has 1 aliphatic heterocycles. The number of benzene rings is 2. The molecule has 0 bridgehead atoms. The van der Waals surface area contributed by atoms with E-state index in [1.54, 1.807) is 24.3 Å². The van der Waals surface area contributed by atoms with Crippen molar-refractivity contribution in [2.75, 3.05) is 11.9 Å². The third-order valence-electron chi connectivity index (χ3n) is 4.83. The molecule has 2 aromatic carbocycles. The first-order valence-electron chi connectivity index (χ1n) is 9.19. The van der Waals surface area contributed by atoms with Crippen molar-refractivity contribution in [3.63, 3.8) is 0 Å². The number of anilines is 1. The molecule has 1 heterocycles. The summed E-state index contributed by atoms with van der Waals surface area (Å²) in [5.74, 6) is -2.49. The van der Waals surface area contributed by atoms with Gasteiger partial charge in [0.1, 0.15) is 6.54 Å². The Kier molecular flexibility index (Phi) is 4.74. The summed E-state index contributed by atoms with van der Waals surface area (Å²) in [4.78, 5) is 60.8. The molecule has 2 N–H and O–H groups in total. The van der Waals surface area contributed by atoms with Crippen molar-refractivity contribution in [2.24, 2.45) is 0 Å². The maximum atomic E-state index is 12.5. The lowest BCUT2D eigenvalue weighted by atomic mass is 10.1. The highest BCUT2D eigenvalue weighted by atomic mass is 16.6. The van der Waals surface area contributed by atoms with Crippen LogP contribution in [0.1, 0.15) is 43.9 Å².